The number of nitrogens with zero attached hydrogens (tertiary/aromatic N) is 1. The maximum absolute atomic E-state index is 11.6. The minimum Gasteiger partial charge on any atom is -0.357 e. The van der Waals surface area contributed by atoms with Crippen molar-refractivity contribution >= 4 is 9.52 Å². The van der Waals surface area contributed by atoms with E-state index in [9.17, 15) is 14.4 Å². The van der Waals surface area contributed by atoms with E-state index in [-0.39, 0.29) is 12.5 Å². The Hall–Kier alpha value is -1.45. The van der Waals surface area contributed by atoms with Crippen LogP contribution in [0, 0.1) is 0 Å². The van der Waals surface area contributed by atoms with Gasteiger partial charge in [0.15, 0.2) is 0 Å². The first-order valence-electron chi connectivity index (χ1n) is 8.75. The van der Waals surface area contributed by atoms with Crippen LogP contribution in [0.25, 0.3) is 0 Å². The molecular weight excluding hydrogens is 330 g/mol. The Morgan fingerprint density at radius 3 is 2.00 bits per heavy atom. The van der Waals surface area contributed by atoms with E-state index in [1.165, 1.54) is 0 Å². The van der Waals surface area contributed by atoms with Gasteiger partial charge < -0.3 is 9.47 Å². The summed E-state index contributed by atoms with van der Waals surface area (Å²) in [7, 11) is -0.623. The molecule has 0 spiro atoms. The van der Waals surface area contributed by atoms with Gasteiger partial charge in [-0.2, -0.15) is 0 Å². The lowest BCUT2D eigenvalue weighted by Crippen LogP contribution is -2.43. The van der Waals surface area contributed by atoms with Crippen LogP contribution in [0.15, 0.2) is 14.4 Å². The minimum absolute atomic E-state index is 0.103. The first-order valence-corrected chi connectivity index (χ1v) is 10.6. The molecule has 0 atom stereocenters. The summed E-state index contributed by atoms with van der Waals surface area (Å²) in [5, 5.41) is 0. The third-order valence-corrected chi connectivity index (χ3v) is 5.46. The average Bonchev–Trinajstić information content (AvgIpc) is 2.53. The molecule has 0 aliphatic heterocycles. The topological polar surface area (TPSA) is 106 Å². The minimum atomic E-state index is -0.774. The second kappa shape index (κ2) is 12.0. The van der Waals surface area contributed by atoms with Gasteiger partial charge in [-0.05, 0) is 19.3 Å². The van der Waals surface area contributed by atoms with Crippen LogP contribution in [0.2, 0.25) is 6.04 Å². The molecule has 2 N–H and O–H groups in total. The largest absolute Gasteiger partial charge is 0.357 e. The van der Waals surface area contributed by atoms with Gasteiger partial charge in [0.1, 0.15) is 5.91 Å². The molecule has 24 heavy (non-hydrogen) atoms. The predicted molar refractivity (Wildman–Crippen MR) is 95.4 cm³/mol. The van der Waals surface area contributed by atoms with Crippen LogP contribution in [0.1, 0.15) is 46.0 Å². The highest BCUT2D eigenvalue weighted by Gasteiger charge is 2.10. The second-order valence-electron chi connectivity index (χ2n) is 5.72. The number of unbranched alkanes of at least 4 members (excludes halogenated alkanes) is 2. The fraction of sp³-hybridized carbons (Fsp3) is 0.800. The Balaban J connectivity index is 2.42. The molecule has 0 unspecified atom stereocenters. The number of ether oxygens (including phenoxy) is 2. The van der Waals surface area contributed by atoms with Crippen molar-refractivity contribution in [2.75, 3.05) is 13.2 Å². The van der Waals surface area contributed by atoms with Crippen molar-refractivity contribution < 1.29 is 9.47 Å². The molecule has 138 valence electrons. The highest BCUT2D eigenvalue weighted by Crippen LogP contribution is 2.03. The summed E-state index contributed by atoms with van der Waals surface area (Å²) in [6.45, 7) is 5.94. The molecule has 1 aromatic rings. The Morgan fingerprint density at radius 2 is 1.50 bits per heavy atom. The number of aromatic nitrogens is 3. The van der Waals surface area contributed by atoms with Gasteiger partial charge in [-0.3, -0.25) is 9.97 Å². The summed E-state index contributed by atoms with van der Waals surface area (Å²) in [6.07, 6.45) is 4.89. The van der Waals surface area contributed by atoms with Crippen LogP contribution < -0.4 is 17.1 Å². The van der Waals surface area contributed by atoms with Crippen LogP contribution in [0.4, 0.5) is 0 Å². The van der Waals surface area contributed by atoms with Crippen LogP contribution in [0.5, 0.6) is 0 Å². The van der Waals surface area contributed by atoms with Crippen LogP contribution in [-0.4, -0.2) is 43.2 Å². The van der Waals surface area contributed by atoms with Crippen LogP contribution in [0.3, 0.4) is 0 Å². The molecule has 0 saturated heterocycles. The van der Waals surface area contributed by atoms with Crippen molar-refractivity contribution in [2.45, 2.75) is 64.5 Å². The Labute approximate surface area is 143 Å². The molecule has 0 amide bonds. The highest BCUT2D eigenvalue weighted by molar-refractivity contribution is 6.36. The number of hydrogen-bond acceptors (Lipinski definition) is 5. The number of hydrogen-bond donors (Lipinski definition) is 2. The van der Waals surface area contributed by atoms with Crippen molar-refractivity contribution in [3.8, 4) is 0 Å². The van der Waals surface area contributed by atoms with Gasteiger partial charge in [0.25, 0.3) is 0 Å². The Morgan fingerprint density at radius 1 is 0.958 bits per heavy atom. The Kier molecular flexibility index (Phi) is 10.3. The van der Waals surface area contributed by atoms with Crippen LogP contribution in [-0.2, 0) is 16.0 Å². The summed E-state index contributed by atoms with van der Waals surface area (Å²) in [5.41, 5.74) is -2.11. The smallest absolute Gasteiger partial charge is 0.333 e. The highest BCUT2D eigenvalue weighted by atomic mass is 28.2. The van der Waals surface area contributed by atoms with Gasteiger partial charge in [-0.15, -0.1) is 0 Å². The summed E-state index contributed by atoms with van der Waals surface area (Å²) < 4.78 is 12.6. The molecule has 0 saturated carbocycles. The average molecular weight is 359 g/mol. The van der Waals surface area contributed by atoms with Crippen molar-refractivity contribution in [2.24, 2.45) is 0 Å². The standard InChI is InChI=1S/C15H29N3O5Si/c1-3-5-9-22-15(23-10-6-4-2)24-11-7-8-18-13(20)16-12(19)17-14(18)21/h15H,3-11,24H2,1-2H3,(H2,16,17,19,20,21). The van der Waals surface area contributed by atoms with E-state index in [0.717, 1.165) is 36.3 Å². The normalized spacial score (nSPS) is 11.8. The van der Waals surface area contributed by atoms with E-state index in [0.29, 0.717) is 19.6 Å². The van der Waals surface area contributed by atoms with E-state index in [4.69, 9.17) is 9.47 Å². The first-order chi connectivity index (χ1) is 11.6. The zero-order chi connectivity index (χ0) is 17.8. The molecule has 0 aliphatic carbocycles. The zero-order valence-corrected chi connectivity index (χ0v) is 16.1. The van der Waals surface area contributed by atoms with E-state index in [1.807, 2.05) is 0 Å². The number of H-pyrrole nitrogens is 2. The molecule has 0 bridgehead atoms. The summed E-state index contributed by atoms with van der Waals surface area (Å²) in [4.78, 5) is 38.3. The number of nitrogens with one attached hydrogen (secondary N) is 2. The van der Waals surface area contributed by atoms with Crippen LogP contribution >= 0.6 is 0 Å². The lowest BCUT2D eigenvalue weighted by molar-refractivity contribution is -0.0921. The molecular formula is C15H29N3O5Si. The zero-order valence-electron chi connectivity index (χ0n) is 14.6. The maximum atomic E-state index is 11.6. The summed E-state index contributed by atoms with van der Waals surface area (Å²) in [6, 6.07) is 0.897. The molecule has 1 rings (SSSR count). The SMILES string of the molecule is CCCCOC(OCCCC)[SiH2]CCCn1c(=O)[nH]c(=O)[nH]c1=O. The third-order valence-electron chi connectivity index (χ3n) is 3.61. The second-order valence-corrected chi connectivity index (χ2v) is 7.67. The van der Waals surface area contributed by atoms with Gasteiger partial charge in [0, 0.05) is 19.8 Å². The fourth-order valence-electron chi connectivity index (χ4n) is 2.17. The fourth-order valence-corrected chi connectivity index (χ4v) is 3.68. The van der Waals surface area contributed by atoms with Gasteiger partial charge in [-0.1, -0.05) is 32.7 Å². The van der Waals surface area contributed by atoms with Crippen molar-refractivity contribution in [1.29, 1.82) is 0 Å². The van der Waals surface area contributed by atoms with Gasteiger partial charge in [0.2, 0.25) is 0 Å². The molecule has 0 aliphatic rings. The summed E-state index contributed by atoms with van der Waals surface area (Å²) >= 11 is 0. The monoisotopic (exact) mass is 359 g/mol. The van der Waals surface area contributed by atoms with E-state index in [1.54, 1.807) is 0 Å². The molecule has 1 aromatic heterocycles. The van der Waals surface area contributed by atoms with E-state index >= 15 is 0 Å². The van der Waals surface area contributed by atoms with Gasteiger partial charge in [-0.25, -0.2) is 19.0 Å². The first kappa shape index (κ1) is 20.6. The molecule has 8 nitrogen and oxygen atoms in total. The van der Waals surface area contributed by atoms with E-state index in [2.05, 4.69) is 23.8 Å². The lowest BCUT2D eigenvalue weighted by atomic mass is 10.4. The summed E-state index contributed by atoms with van der Waals surface area (Å²) in [5.74, 6) is -0.103. The van der Waals surface area contributed by atoms with Crippen molar-refractivity contribution in [1.82, 2.24) is 14.5 Å². The van der Waals surface area contributed by atoms with Gasteiger partial charge >= 0.3 is 17.1 Å². The van der Waals surface area contributed by atoms with Crippen molar-refractivity contribution in [3.63, 3.8) is 0 Å². The Bertz CT molecular complexity index is 580. The number of aromatic amines is 2. The number of rotatable bonds is 13. The third kappa shape index (κ3) is 7.89. The van der Waals surface area contributed by atoms with E-state index < -0.39 is 26.6 Å². The van der Waals surface area contributed by atoms with Crippen molar-refractivity contribution in [3.05, 3.63) is 31.5 Å². The lowest BCUT2D eigenvalue weighted by Gasteiger charge is -2.18. The molecule has 1 heterocycles. The quantitative estimate of drug-likeness (QED) is 0.296. The predicted octanol–water partition coefficient (Wildman–Crippen LogP) is 0.119. The molecule has 0 fully saturated rings. The molecule has 9 heteroatoms. The maximum Gasteiger partial charge on any atom is 0.333 e. The molecule has 0 radical (unpaired) electrons. The molecule has 0 aromatic carbocycles. The van der Waals surface area contributed by atoms with Gasteiger partial charge in [0.05, 0.1) is 9.52 Å².